The third-order valence-electron chi connectivity index (χ3n) is 2.41. The van der Waals surface area contributed by atoms with Crippen molar-refractivity contribution in [3.63, 3.8) is 0 Å². The van der Waals surface area contributed by atoms with E-state index in [0.29, 0.717) is 6.04 Å². The van der Waals surface area contributed by atoms with Crippen molar-refractivity contribution in [2.24, 2.45) is 0 Å². The van der Waals surface area contributed by atoms with Gasteiger partial charge in [-0.2, -0.15) is 5.48 Å². The second kappa shape index (κ2) is 6.44. The van der Waals surface area contributed by atoms with E-state index < -0.39 is 0 Å². The average Bonchev–Trinajstić information content (AvgIpc) is 2.33. The molecule has 0 atom stereocenters. The molecule has 0 aliphatic heterocycles. The van der Waals surface area contributed by atoms with Gasteiger partial charge in [-0.15, -0.1) is 0 Å². The zero-order valence-electron chi connectivity index (χ0n) is 8.14. The van der Waals surface area contributed by atoms with Crippen LogP contribution in [0.25, 0.3) is 0 Å². The van der Waals surface area contributed by atoms with Crippen LogP contribution in [0.5, 0.6) is 0 Å². The summed E-state index contributed by atoms with van der Waals surface area (Å²) in [5, 5.41) is 0. The Bertz CT molecular complexity index is 98.0. The Morgan fingerprint density at radius 1 is 1.17 bits per heavy atom. The molecular formula is C10H21NO. The van der Waals surface area contributed by atoms with Gasteiger partial charge >= 0.3 is 0 Å². The third kappa shape index (κ3) is 4.07. The average molecular weight is 171 g/mol. The summed E-state index contributed by atoms with van der Waals surface area (Å²) in [6.45, 7) is 2.98. The molecule has 0 aromatic rings. The van der Waals surface area contributed by atoms with Gasteiger partial charge in [0.25, 0.3) is 0 Å². The molecule has 2 nitrogen and oxygen atoms in total. The van der Waals surface area contributed by atoms with Crippen molar-refractivity contribution in [1.82, 2.24) is 5.48 Å². The fourth-order valence-corrected chi connectivity index (χ4v) is 1.68. The second-order valence-corrected chi connectivity index (χ2v) is 3.65. The minimum atomic E-state index is 0.624. The normalized spacial score (nSPS) is 20.8. The molecule has 0 unspecified atom stereocenters. The minimum absolute atomic E-state index is 0.624. The molecule has 0 aromatic carbocycles. The molecule has 0 radical (unpaired) electrons. The predicted octanol–water partition coefficient (Wildman–Crippen LogP) is 2.64. The topological polar surface area (TPSA) is 21.3 Å². The van der Waals surface area contributed by atoms with Crippen LogP contribution in [-0.4, -0.2) is 12.6 Å². The van der Waals surface area contributed by atoms with Crippen molar-refractivity contribution in [1.29, 1.82) is 0 Å². The molecule has 0 saturated heterocycles. The first-order valence-electron chi connectivity index (χ1n) is 5.31. The highest BCUT2D eigenvalue weighted by atomic mass is 16.6. The van der Waals surface area contributed by atoms with E-state index in [1.165, 1.54) is 38.5 Å². The summed E-state index contributed by atoms with van der Waals surface area (Å²) >= 11 is 0. The molecule has 1 rings (SSSR count). The van der Waals surface area contributed by atoms with Crippen molar-refractivity contribution in [3.8, 4) is 0 Å². The summed E-state index contributed by atoms with van der Waals surface area (Å²) in [5.41, 5.74) is 3.16. The maximum Gasteiger partial charge on any atom is 0.0679 e. The Kier molecular flexibility index (Phi) is 5.37. The van der Waals surface area contributed by atoms with Gasteiger partial charge in [-0.3, -0.25) is 0 Å². The van der Waals surface area contributed by atoms with Crippen molar-refractivity contribution in [2.75, 3.05) is 6.61 Å². The van der Waals surface area contributed by atoms with E-state index in [-0.39, 0.29) is 0 Å². The van der Waals surface area contributed by atoms with Crippen molar-refractivity contribution < 1.29 is 4.84 Å². The first-order chi connectivity index (χ1) is 5.93. The van der Waals surface area contributed by atoms with Crippen LogP contribution in [0.2, 0.25) is 0 Å². The van der Waals surface area contributed by atoms with Gasteiger partial charge in [-0.05, 0) is 19.3 Å². The highest BCUT2D eigenvalue weighted by molar-refractivity contribution is 4.66. The Labute approximate surface area is 75.6 Å². The number of hydrogen-bond donors (Lipinski definition) is 1. The SMILES string of the molecule is CCCONC1CCCCCC1. The standard InChI is InChI=1S/C10H21NO/c1-2-9-12-11-10-7-5-3-4-6-8-10/h10-11H,2-9H2,1H3. The first kappa shape index (κ1) is 10.0. The van der Waals surface area contributed by atoms with Crippen LogP contribution < -0.4 is 5.48 Å². The van der Waals surface area contributed by atoms with Crippen molar-refractivity contribution in [2.45, 2.75) is 57.9 Å². The van der Waals surface area contributed by atoms with E-state index >= 15 is 0 Å². The fourth-order valence-electron chi connectivity index (χ4n) is 1.68. The van der Waals surface area contributed by atoms with Gasteiger partial charge in [0.2, 0.25) is 0 Å². The number of hydroxylamine groups is 1. The lowest BCUT2D eigenvalue weighted by Gasteiger charge is -2.15. The molecule has 0 aromatic heterocycles. The third-order valence-corrected chi connectivity index (χ3v) is 2.41. The van der Waals surface area contributed by atoms with Gasteiger partial charge in [0, 0.05) is 6.04 Å². The Morgan fingerprint density at radius 3 is 2.42 bits per heavy atom. The minimum Gasteiger partial charge on any atom is -0.302 e. The van der Waals surface area contributed by atoms with Crippen LogP contribution in [-0.2, 0) is 4.84 Å². The molecule has 0 spiro atoms. The highest BCUT2D eigenvalue weighted by Crippen LogP contribution is 2.16. The second-order valence-electron chi connectivity index (χ2n) is 3.65. The smallest absolute Gasteiger partial charge is 0.0679 e. The van der Waals surface area contributed by atoms with E-state index in [2.05, 4.69) is 12.4 Å². The highest BCUT2D eigenvalue weighted by Gasteiger charge is 2.10. The quantitative estimate of drug-likeness (QED) is 0.399. The summed E-state index contributed by atoms with van der Waals surface area (Å²) < 4.78 is 0. The van der Waals surface area contributed by atoms with Gasteiger partial charge in [0.05, 0.1) is 6.61 Å². The first-order valence-corrected chi connectivity index (χ1v) is 5.31. The van der Waals surface area contributed by atoms with Crippen LogP contribution >= 0.6 is 0 Å². The lowest BCUT2D eigenvalue weighted by atomic mass is 10.1. The van der Waals surface area contributed by atoms with E-state index in [9.17, 15) is 0 Å². The molecule has 1 saturated carbocycles. The van der Waals surface area contributed by atoms with E-state index in [1.54, 1.807) is 0 Å². The molecule has 0 amide bonds. The van der Waals surface area contributed by atoms with Crippen LogP contribution in [0.15, 0.2) is 0 Å². The summed E-state index contributed by atoms with van der Waals surface area (Å²) in [6.07, 6.45) is 9.24. The van der Waals surface area contributed by atoms with Crippen LogP contribution in [0.3, 0.4) is 0 Å². The maximum absolute atomic E-state index is 5.33. The van der Waals surface area contributed by atoms with Crippen LogP contribution in [0, 0.1) is 0 Å². The van der Waals surface area contributed by atoms with Gasteiger partial charge < -0.3 is 4.84 Å². The van der Waals surface area contributed by atoms with Gasteiger partial charge in [0.15, 0.2) is 0 Å². The molecule has 1 aliphatic carbocycles. The molecule has 0 heterocycles. The predicted molar refractivity (Wildman–Crippen MR) is 50.9 cm³/mol. The summed E-state index contributed by atoms with van der Waals surface area (Å²) in [7, 11) is 0. The summed E-state index contributed by atoms with van der Waals surface area (Å²) in [5.74, 6) is 0. The maximum atomic E-state index is 5.33. The van der Waals surface area contributed by atoms with Crippen molar-refractivity contribution >= 4 is 0 Å². The number of nitrogens with one attached hydrogen (secondary N) is 1. The molecule has 0 bridgehead atoms. The van der Waals surface area contributed by atoms with E-state index in [4.69, 9.17) is 4.84 Å². The van der Waals surface area contributed by atoms with Gasteiger partial charge in [-0.25, -0.2) is 0 Å². The molecule has 2 heteroatoms. The summed E-state index contributed by atoms with van der Waals surface area (Å²) in [4.78, 5) is 5.33. The number of hydrogen-bond acceptors (Lipinski definition) is 2. The zero-order valence-corrected chi connectivity index (χ0v) is 8.14. The van der Waals surface area contributed by atoms with E-state index in [1.807, 2.05) is 0 Å². The molecule has 1 aliphatic rings. The lowest BCUT2D eigenvalue weighted by Crippen LogP contribution is -2.28. The fraction of sp³-hybridized carbons (Fsp3) is 1.00. The Hall–Kier alpha value is -0.0800. The van der Waals surface area contributed by atoms with E-state index in [0.717, 1.165) is 13.0 Å². The molecule has 1 N–H and O–H groups in total. The number of rotatable bonds is 4. The van der Waals surface area contributed by atoms with Gasteiger partial charge in [-0.1, -0.05) is 32.6 Å². The van der Waals surface area contributed by atoms with Gasteiger partial charge in [0.1, 0.15) is 0 Å². The Balaban J connectivity index is 2.04. The molecule has 1 fully saturated rings. The largest absolute Gasteiger partial charge is 0.302 e. The molecule has 12 heavy (non-hydrogen) atoms. The van der Waals surface area contributed by atoms with Crippen LogP contribution in [0.1, 0.15) is 51.9 Å². The Morgan fingerprint density at radius 2 is 1.83 bits per heavy atom. The van der Waals surface area contributed by atoms with Crippen LogP contribution in [0.4, 0.5) is 0 Å². The van der Waals surface area contributed by atoms with Crippen molar-refractivity contribution in [3.05, 3.63) is 0 Å². The lowest BCUT2D eigenvalue weighted by molar-refractivity contribution is 0.0128. The zero-order chi connectivity index (χ0) is 8.65. The molecular weight excluding hydrogens is 150 g/mol. The molecule has 72 valence electrons. The summed E-state index contributed by atoms with van der Waals surface area (Å²) in [6, 6.07) is 0.624. The monoisotopic (exact) mass is 171 g/mol.